The monoisotopic (exact) mass is 283 g/mol. The van der Waals surface area contributed by atoms with Crippen LogP contribution >= 0.6 is 0 Å². The maximum Gasteiger partial charge on any atom is 0.414 e. The van der Waals surface area contributed by atoms with Gasteiger partial charge < -0.3 is 9.47 Å². The second-order valence-corrected chi connectivity index (χ2v) is 5.03. The molecule has 4 nitrogen and oxygen atoms in total. The van der Waals surface area contributed by atoms with E-state index in [1.807, 2.05) is 61.5 Å². The van der Waals surface area contributed by atoms with Gasteiger partial charge in [0.25, 0.3) is 0 Å². The number of benzene rings is 2. The summed E-state index contributed by atoms with van der Waals surface area (Å²) in [4.78, 5) is 13.5. The van der Waals surface area contributed by atoms with E-state index in [9.17, 15) is 4.79 Å². The predicted molar refractivity (Wildman–Crippen MR) is 80.7 cm³/mol. The van der Waals surface area contributed by atoms with E-state index in [1.165, 1.54) is 0 Å². The van der Waals surface area contributed by atoms with E-state index < -0.39 is 0 Å². The fraction of sp³-hybridized carbons (Fsp3) is 0.235. The molecule has 108 valence electrons. The molecular weight excluding hydrogens is 266 g/mol. The zero-order chi connectivity index (χ0) is 14.7. The molecule has 1 saturated heterocycles. The summed E-state index contributed by atoms with van der Waals surface area (Å²) >= 11 is 0. The number of cyclic esters (lactones) is 1. The Hall–Kier alpha value is -2.49. The molecule has 0 radical (unpaired) electrons. The molecule has 1 heterocycles. The Morgan fingerprint density at radius 3 is 2.62 bits per heavy atom. The summed E-state index contributed by atoms with van der Waals surface area (Å²) in [7, 11) is 0. The third-order valence-corrected chi connectivity index (χ3v) is 3.46. The molecule has 1 fully saturated rings. The number of rotatable bonds is 4. The van der Waals surface area contributed by atoms with Gasteiger partial charge in [0.05, 0.1) is 6.54 Å². The number of ether oxygens (including phenoxy) is 2. The smallest absolute Gasteiger partial charge is 0.414 e. The number of anilines is 1. The van der Waals surface area contributed by atoms with Crippen molar-refractivity contribution in [2.24, 2.45) is 0 Å². The van der Waals surface area contributed by atoms with Crippen molar-refractivity contribution in [3.8, 4) is 5.75 Å². The summed E-state index contributed by atoms with van der Waals surface area (Å²) in [5, 5.41) is 0. The molecule has 0 saturated carbocycles. The SMILES string of the molecule is Cc1ccccc1OCC1CN(c2ccccc2)C(=O)O1. The molecule has 4 heteroatoms. The topological polar surface area (TPSA) is 38.8 Å². The van der Waals surface area contributed by atoms with Gasteiger partial charge in [0.15, 0.2) is 6.10 Å². The molecule has 0 spiro atoms. The molecule has 1 amide bonds. The molecule has 2 aromatic rings. The van der Waals surface area contributed by atoms with Gasteiger partial charge in [-0.2, -0.15) is 0 Å². The van der Waals surface area contributed by atoms with Crippen LogP contribution in [0.15, 0.2) is 54.6 Å². The van der Waals surface area contributed by atoms with Gasteiger partial charge in [-0.05, 0) is 30.7 Å². The van der Waals surface area contributed by atoms with Crippen LogP contribution in [0.1, 0.15) is 5.56 Å². The van der Waals surface area contributed by atoms with Crippen molar-refractivity contribution in [2.75, 3.05) is 18.1 Å². The summed E-state index contributed by atoms with van der Waals surface area (Å²) in [6.07, 6.45) is -0.572. The Balaban J connectivity index is 1.62. The van der Waals surface area contributed by atoms with Crippen molar-refractivity contribution in [1.82, 2.24) is 0 Å². The minimum absolute atomic E-state index is 0.252. The molecular formula is C17H17NO3. The van der Waals surface area contributed by atoms with Gasteiger partial charge in [-0.3, -0.25) is 4.90 Å². The number of carbonyl (C=O) groups is 1. The van der Waals surface area contributed by atoms with E-state index >= 15 is 0 Å². The summed E-state index contributed by atoms with van der Waals surface area (Å²) in [6, 6.07) is 17.3. The minimum Gasteiger partial charge on any atom is -0.489 e. The molecule has 1 atom stereocenters. The van der Waals surface area contributed by atoms with E-state index in [2.05, 4.69) is 0 Å². The average molecular weight is 283 g/mol. The first-order valence-corrected chi connectivity index (χ1v) is 6.95. The van der Waals surface area contributed by atoms with Gasteiger partial charge >= 0.3 is 6.09 Å². The standard InChI is InChI=1S/C17H17NO3/c1-13-7-5-6-10-16(13)20-12-15-11-18(17(19)21-15)14-8-3-2-4-9-14/h2-10,15H,11-12H2,1H3. The van der Waals surface area contributed by atoms with Crippen LogP contribution < -0.4 is 9.64 Å². The van der Waals surface area contributed by atoms with Gasteiger partial charge in [0.2, 0.25) is 0 Å². The molecule has 21 heavy (non-hydrogen) atoms. The van der Waals surface area contributed by atoms with Crippen molar-refractivity contribution in [3.63, 3.8) is 0 Å². The lowest BCUT2D eigenvalue weighted by Crippen LogP contribution is -2.26. The Kier molecular flexibility index (Phi) is 3.77. The van der Waals surface area contributed by atoms with Crippen molar-refractivity contribution < 1.29 is 14.3 Å². The molecule has 0 N–H and O–H groups in total. The molecule has 3 rings (SSSR count). The van der Waals surface area contributed by atoms with E-state index in [-0.39, 0.29) is 12.2 Å². The lowest BCUT2D eigenvalue weighted by Gasteiger charge is -2.13. The van der Waals surface area contributed by atoms with E-state index in [4.69, 9.17) is 9.47 Å². The predicted octanol–water partition coefficient (Wildman–Crippen LogP) is 3.40. The van der Waals surface area contributed by atoms with Gasteiger partial charge in [-0.15, -0.1) is 0 Å². The van der Waals surface area contributed by atoms with Gasteiger partial charge in [0.1, 0.15) is 12.4 Å². The highest BCUT2D eigenvalue weighted by Crippen LogP contribution is 2.22. The van der Waals surface area contributed by atoms with Crippen LogP contribution in [-0.4, -0.2) is 25.3 Å². The summed E-state index contributed by atoms with van der Waals surface area (Å²) < 4.78 is 11.1. The number of amides is 1. The van der Waals surface area contributed by atoms with Gasteiger partial charge in [-0.1, -0.05) is 36.4 Å². The summed E-state index contributed by atoms with van der Waals surface area (Å²) in [5.41, 5.74) is 1.92. The van der Waals surface area contributed by atoms with E-state index in [0.717, 1.165) is 17.0 Å². The van der Waals surface area contributed by atoms with Crippen LogP contribution in [0.2, 0.25) is 0 Å². The van der Waals surface area contributed by atoms with E-state index in [0.29, 0.717) is 13.2 Å². The molecule has 0 aliphatic carbocycles. The van der Waals surface area contributed by atoms with Crippen LogP contribution in [0.3, 0.4) is 0 Å². The van der Waals surface area contributed by atoms with Crippen LogP contribution in [0.25, 0.3) is 0 Å². The van der Waals surface area contributed by atoms with Crippen LogP contribution in [0.4, 0.5) is 10.5 Å². The number of para-hydroxylation sites is 2. The normalized spacial score (nSPS) is 17.7. The number of nitrogens with zero attached hydrogens (tertiary/aromatic N) is 1. The van der Waals surface area contributed by atoms with Crippen molar-refractivity contribution >= 4 is 11.8 Å². The fourth-order valence-electron chi connectivity index (χ4n) is 2.33. The Morgan fingerprint density at radius 2 is 1.86 bits per heavy atom. The maximum atomic E-state index is 11.9. The molecule has 0 aromatic heterocycles. The average Bonchev–Trinajstić information content (AvgIpc) is 2.88. The molecule has 1 aliphatic rings. The highest BCUT2D eigenvalue weighted by molar-refractivity contribution is 5.89. The third-order valence-electron chi connectivity index (χ3n) is 3.46. The first kappa shape index (κ1) is 13.5. The van der Waals surface area contributed by atoms with Crippen LogP contribution in [-0.2, 0) is 4.74 Å². The van der Waals surface area contributed by atoms with Gasteiger partial charge in [-0.25, -0.2) is 4.79 Å². The van der Waals surface area contributed by atoms with Crippen LogP contribution in [0, 0.1) is 6.92 Å². The zero-order valence-corrected chi connectivity index (χ0v) is 11.9. The highest BCUT2D eigenvalue weighted by Gasteiger charge is 2.32. The molecule has 0 bridgehead atoms. The first-order chi connectivity index (χ1) is 10.2. The number of hydrogen-bond donors (Lipinski definition) is 0. The van der Waals surface area contributed by atoms with Crippen molar-refractivity contribution in [3.05, 3.63) is 60.2 Å². The minimum atomic E-state index is -0.320. The quantitative estimate of drug-likeness (QED) is 0.863. The maximum absolute atomic E-state index is 11.9. The summed E-state index contributed by atoms with van der Waals surface area (Å²) in [6.45, 7) is 2.86. The summed E-state index contributed by atoms with van der Waals surface area (Å²) in [5.74, 6) is 0.826. The Morgan fingerprint density at radius 1 is 1.14 bits per heavy atom. The lowest BCUT2D eigenvalue weighted by molar-refractivity contribution is 0.105. The van der Waals surface area contributed by atoms with Crippen LogP contribution in [0.5, 0.6) is 5.75 Å². The van der Waals surface area contributed by atoms with E-state index in [1.54, 1.807) is 4.90 Å². The van der Waals surface area contributed by atoms with Crippen molar-refractivity contribution in [2.45, 2.75) is 13.0 Å². The number of carbonyl (C=O) groups excluding carboxylic acids is 1. The van der Waals surface area contributed by atoms with Gasteiger partial charge in [0, 0.05) is 5.69 Å². The molecule has 1 aliphatic heterocycles. The highest BCUT2D eigenvalue weighted by atomic mass is 16.6. The molecule has 1 unspecified atom stereocenters. The first-order valence-electron chi connectivity index (χ1n) is 6.95. The fourth-order valence-corrected chi connectivity index (χ4v) is 2.33. The second kappa shape index (κ2) is 5.87. The Bertz CT molecular complexity index is 627. The third kappa shape index (κ3) is 2.99. The second-order valence-electron chi connectivity index (χ2n) is 5.03. The molecule has 2 aromatic carbocycles. The Labute approximate surface area is 123 Å². The van der Waals surface area contributed by atoms with Crippen molar-refractivity contribution in [1.29, 1.82) is 0 Å². The lowest BCUT2D eigenvalue weighted by atomic mass is 10.2. The largest absolute Gasteiger partial charge is 0.489 e. The zero-order valence-electron chi connectivity index (χ0n) is 11.9. The number of hydrogen-bond acceptors (Lipinski definition) is 3. The number of aryl methyl sites for hydroxylation is 1.